The Hall–Kier alpha value is -2.04. The fourth-order valence-corrected chi connectivity index (χ4v) is 2.91. The molecule has 1 aliphatic heterocycles. The van der Waals surface area contributed by atoms with Gasteiger partial charge in [-0.05, 0) is 36.8 Å². The predicted molar refractivity (Wildman–Crippen MR) is 103 cm³/mol. The van der Waals surface area contributed by atoms with Crippen molar-refractivity contribution < 1.29 is 4.79 Å². The lowest BCUT2D eigenvalue weighted by atomic mass is 10.1. The lowest BCUT2D eigenvalue weighted by molar-refractivity contribution is -0.131. The van der Waals surface area contributed by atoms with Gasteiger partial charge in [-0.1, -0.05) is 38.1 Å². The van der Waals surface area contributed by atoms with E-state index in [4.69, 9.17) is 0 Å². The van der Waals surface area contributed by atoms with Crippen molar-refractivity contribution in [2.75, 3.05) is 19.6 Å². The van der Waals surface area contributed by atoms with Crippen LogP contribution < -0.4 is 10.6 Å². The number of hydrogen-bond acceptors (Lipinski definition) is 2. The second-order valence-corrected chi connectivity index (χ2v) is 6.99. The molecule has 25 heavy (non-hydrogen) atoms. The average Bonchev–Trinajstić information content (AvgIpc) is 3.02. The highest BCUT2D eigenvalue weighted by Gasteiger charge is 2.22. The first-order valence-electron chi connectivity index (χ1n) is 9.47. The van der Waals surface area contributed by atoms with E-state index in [9.17, 15) is 4.79 Å². The van der Waals surface area contributed by atoms with Gasteiger partial charge in [-0.15, -0.1) is 0 Å². The lowest BCUT2D eigenvalue weighted by Crippen LogP contribution is -2.38. The number of aliphatic imine (C=N–C) groups is 1. The summed E-state index contributed by atoms with van der Waals surface area (Å²) in [5.74, 6) is 1.76. The molecule has 0 saturated heterocycles. The molecule has 0 spiro atoms. The number of nitrogens with zero attached hydrogens (tertiary/aromatic N) is 2. The standard InChI is InChI=1S/C20H32N4O/c1-4-21-20(23-13-11-16(2)3)22-12-7-10-19(25)24-14-17-8-5-6-9-18(17)15-24/h5-6,8-9,16H,4,7,10-15H2,1-3H3,(H2,21,22,23). The first-order chi connectivity index (χ1) is 12.1. The van der Waals surface area contributed by atoms with Gasteiger partial charge >= 0.3 is 0 Å². The SMILES string of the molecule is CCNC(=NCCCC(=O)N1Cc2ccccc2C1)NCCC(C)C. The Kier molecular flexibility index (Phi) is 7.76. The third kappa shape index (κ3) is 6.40. The van der Waals surface area contributed by atoms with Gasteiger partial charge in [-0.25, -0.2) is 0 Å². The van der Waals surface area contributed by atoms with E-state index in [0.29, 0.717) is 18.9 Å². The number of carbonyl (C=O) groups is 1. The van der Waals surface area contributed by atoms with Crippen LogP contribution in [0.3, 0.4) is 0 Å². The first-order valence-corrected chi connectivity index (χ1v) is 9.47. The summed E-state index contributed by atoms with van der Waals surface area (Å²) < 4.78 is 0. The minimum atomic E-state index is 0.226. The van der Waals surface area contributed by atoms with Crippen LogP contribution in [0.15, 0.2) is 29.3 Å². The van der Waals surface area contributed by atoms with Gasteiger partial charge in [0, 0.05) is 39.1 Å². The van der Waals surface area contributed by atoms with Crippen molar-refractivity contribution in [3.8, 4) is 0 Å². The fourth-order valence-electron chi connectivity index (χ4n) is 2.91. The van der Waals surface area contributed by atoms with Crippen molar-refractivity contribution >= 4 is 11.9 Å². The van der Waals surface area contributed by atoms with Crippen molar-refractivity contribution in [3.05, 3.63) is 35.4 Å². The Morgan fingerprint density at radius 2 is 1.88 bits per heavy atom. The number of amides is 1. The highest BCUT2D eigenvalue weighted by atomic mass is 16.2. The predicted octanol–water partition coefficient (Wildman–Crippen LogP) is 2.91. The van der Waals surface area contributed by atoms with Crippen LogP contribution in [0, 0.1) is 5.92 Å². The van der Waals surface area contributed by atoms with E-state index in [2.05, 4.69) is 48.5 Å². The molecule has 138 valence electrons. The number of guanidine groups is 1. The van der Waals surface area contributed by atoms with Crippen molar-refractivity contribution in [3.63, 3.8) is 0 Å². The fraction of sp³-hybridized carbons (Fsp3) is 0.600. The topological polar surface area (TPSA) is 56.7 Å². The molecule has 0 fully saturated rings. The van der Waals surface area contributed by atoms with E-state index in [1.165, 1.54) is 11.1 Å². The van der Waals surface area contributed by atoms with Gasteiger partial charge in [0.1, 0.15) is 0 Å². The Bertz CT molecular complexity index is 558. The quantitative estimate of drug-likeness (QED) is 0.433. The molecule has 0 bridgehead atoms. The molecule has 2 rings (SSSR count). The summed E-state index contributed by atoms with van der Waals surface area (Å²) in [6, 6.07) is 8.29. The molecular weight excluding hydrogens is 312 g/mol. The van der Waals surface area contributed by atoms with E-state index in [-0.39, 0.29) is 5.91 Å². The number of nitrogens with one attached hydrogen (secondary N) is 2. The summed E-state index contributed by atoms with van der Waals surface area (Å²) in [6.45, 7) is 10.4. The number of fused-ring (bicyclic) bond motifs is 1. The van der Waals surface area contributed by atoms with Gasteiger partial charge in [-0.2, -0.15) is 0 Å². The van der Waals surface area contributed by atoms with Gasteiger partial charge in [0.15, 0.2) is 5.96 Å². The minimum absolute atomic E-state index is 0.226. The lowest BCUT2D eigenvalue weighted by Gasteiger charge is -2.15. The Morgan fingerprint density at radius 1 is 1.20 bits per heavy atom. The Labute approximate surface area is 151 Å². The number of benzene rings is 1. The summed E-state index contributed by atoms with van der Waals surface area (Å²) in [6.07, 6.45) is 2.47. The smallest absolute Gasteiger partial charge is 0.223 e. The molecule has 0 unspecified atom stereocenters. The third-order valence-electron chi connectivity index (χ3n) is 4.37. The van der Waals surface area contributed by atoms with E-state index < -0.39 is 0 Å². The van der Waals surface area contributed by atoms with Crippen molar-refractivity contribution in [2.24, 2.45) is 10.9 Å². The maximum absolute atomic E-state index is 12.4. The zero-order valence-corrected chi connectivity index (χ0v) is 15.8. The first kappa shape index (κ1) is 19.3. The molecule has 5 heteroatoms. The van der Waals surface area contributed by atoms with Crippen molar-refractivity contribution in [1.82, 2.24) is 15.5 Å². The molecule has 1 aromatic rings. The van der Waals surface area contributed by atoms with Crippen LogP contribution in [0.4, 0.5) is 0 Å². The van der Waals surface area contributed by atoms with Crippen LogP contribution in [-0.4, -0.2) is 36.4 Å². The summed E-state index contributed by atoms with van der Waals surface area (Å²) in [5.41, 5.74) is 2.55. The molecule has 5 nitrogen and oxygen atoms in total. The van der Waals surface area contributed by atoms with Crippen LogP contribution in [0.5, 0.6) is 0 Å². The monoisotopic (exact) mass is 344 g/mol. The normalized spacial score (nSPS) is 13.9. The van der Waals surface area contributed by atoms with Gasteiger partial charge in [0.25, 0.3) is 0 Å². The van der Waals surface area contributed by atoms with E-state index >= 15 is 0 Å². The van der Waals surface area contributed by atoms with E-state index in [1.807, 2.05) is 17.0 Å². The molecule has 0 aromatic heterocycles. The second-order valence-electron chi connectivity index (χ2n) is 6.99. The highest BCUT2D eigenvalue weighted by molar-refractivity contribution is 5.80. The van der Waals surface area contributed by atoms with Crippen molar-refractivity contribution in [1.29, 1.82) is 0 Å². The molecule has 1 aliphatic rings. The van der Waals surface area contributed by atoms with E-state index in [1.54, 1.807) is 0 Å². The molecular formula is C20H32N4O. The summed E-state index contributed by atoms with van der Waals surface area (Å²) >= 11 is 0. The van der Waals surface area contributed by atoms with Gasteiger partial charge in [0.2, 0.25) is 5.91 Å². The number of rotatable bonds is 8. The van der Waals surface area contributed by atoms with Gasteiger partial charge in [0.05, 0.1) is 0 Å². The Morgan fingerprint density at radius 3 is 2.48 bits per heavy atom. The zero-order chi connectivity index (χ0) is 18.1. The van der Waals surface area contributed by atoms with Gasteiger partial charge in [-0.3, -0.25) is 9.79 Å². The largest absolute Gasteiger partial charge is 0.357 e. The van der Waals surface area contributed by atoms with Crippen LogP contribution in [-0.2, 0) is 17.9 Å². The molecule has 1 heterocycles. The molecule has 1 aromatic carbocycles. The number of hydrogen-bond donors (Lipinski definition) is 2. The highest BCUT2D eigenvalue weighted by Crippen LogP contribution is 2.22. The van der Waals surface area contributed by atoms with Crippen LogP contribution >= 0.6 is 0 Å². The average molecular weight is 345 g/mol. The summed E-state index contributed by atoms with van der Waals surface area (Å²) in [5, 5.41) is 6.61. The molecule has 0 radical (unpaired) electrons. The minimum Gasteiger partial charge on any atom is -0.357 e. The van der Waals surface area contributed by atoms with Crippen molar-refractivity contribution in [2.45, 2.75) is 53.1 Å². The number of carbonyl (C=O) groups excluding carboxylic acids is 1. The van der Waals surface area contributed by atoms with E-state index in [0.717, 1.165) is 45.0 Å². The third-order valence-corrected chi connectivity index (χ3v) is 4.37. The molecule has 0 atom stereocenters. The maximum atomic E-state index is 12.4. The molecule has 2 N–H and O–H groups in total. The van der Waals surface area contributed by atoms with Gasteiger partial charge < -0.3 is 15.5 Å². The molecule has 0 aliphatic carbocycles. The summed E-state index contributed by atoms with van der Waals surface area (Å²) in [7, 11) is 0. The summed E-state index contributed by atoms with van der Waals surface area (Å²) in [4.78, 5) is 18.9. The maximum Gasteiger partial charge on any atom is 0.223 e. The van der Waals surface area contributed by atoms with Crippen LogP contribution in [0.2, 0.25) is 0 Å². The zero-order valence-electron chi connectivity index (χ0n) is 15.8. The molecule has 0 saturated carbocycles. The molecule has 1 amide bonds. The van der Waals surface area contributed by atoms with Crippen LogP contribution in [0.25, 0.3) is 0 Å². The second kappa shape index (κ2) is 10.1. The Balaban J connectivity index is 1.70. The van der Waals surface area contributed by atoms with Crippen LogP contribution in [0.1, 0.15) is 51.2 Å².